The van der Waals surface area contributed by atoms with Crippen molar-refractivity contribution in [2.45, 2.75) is 26.2 Å². The number of nitrogen functional groups attached to an aromatic ring is 1. The highest BCUT2D eigenvalue weighted by Gasteiger charge is 2.17. The van der Waals surface area contributed by atoms with Gasteiger partial charge >= 0.3 is 5.97 Å². The number of ketones is 1. The Bertz CT molecular complexity index is 943. The molecule has 0 spiro atoms. The first-order valence-electron chi connectivity index (χ1n) is 8.75. The van der Waals surface area contributed by atoms with Crippen LogP contribution in [0.2, 0.25) is 0 Å². The van der Waals surface area contributed by atoms with Gasteiger partial charge in [-0.05, 0) is 55.7 Å². The number of carbonyl (C=O) groups excluding carboxylic acids is 2. The quantitative estimate of drug-likeness (QED) is 0.401. The highest BCUT2D eigenvalue weighted by Crippen LogP contribution is 2.22. The SMILES string of the molecule is CCOC(=O)CCCc1cc(C(=O)c2cccc(N)c2)n2ccccc12. The number of esters is 1. The fourth-order valence-electron chi connectivity index (χ4n) is 3.08. The zero-order valence-electron chi connectivity index (χ0n) is 14.8. The Labute approximate surface area is 152 Å². The average molecular weight is 350 g/mol. The smallest absolute Gasteiger partial charge is 0.305 e. The molecule has 0 saturated carbocycles. The molecule has 0 saturated heterocycles. The molecule has 2 heterocycles. The molecule has 2 aromatic heterocycles. The zero-order valence-corrected chi connectivity index (χ0v) is 14.8. The first kappa shape index (κ1) is 17.7. The summed E-state index contributed by atoms with van der Waals surface area (Å²) in [6, 6.07) is 14.7. The minimum absolute atomic E-state index is 0.0739. The van der Waals surface area contributed by atoms with Crippen LogP contribution in [0.4, 0.5) is 5.69 Å². The highest BCUT2D eigenvalue weighted by molar-refractivity contribution is 6.09. The molecule has 5 nitrogen and oxygen atoms in total. The fraction of sp³-hybridized carbons (Fsp3) is 0.238. The third-order valence-electron chi connectivity index (χ3n) is 4.27. The first-order chi connectivity index (χ1) is 12.6. The van der Waals surface area contributed by atoms with Gasteiger partial charge in [0.15, 0.2) is 0 Å². The molecule has 5 heteroatoms. The van der Waals surface area contributed by atoms with E-state index in [9.17, 15) is 9.59 Å². The monoisotopic (exact) mass is 350 g/mol. The topological polar surface area (TPSA) is 73.8 Å². The predicted molar refractivity (Wildman–Crippen MR) is 101 cm³/mol. The van der Waals surface area contributed by atoms with Crippen molar-refractivity contribution in [2.75, 3.05) is 12.3 Å². The van der Waals surface area contributed by atoms with E-state index in [1.54, 1.807) is 31.2 Å². The summed E-state index contributed by atoms with van der Waals surface area (Å²) < 4.78 is 6.86. The van der Waals surface area contributed by atoms with Gasteiger partial charge in [0.05, 0.1) is 12.3 Å². The Balaban J connectivity index is 1.87. The van der Waals surface area contributed by atoms with E-state index in [-0.39, 0.29) is 11.8 Å². The Morgan fingerprint density at radius 1 is 1.12 bits per heavy atom. The molecular formula is C21H22N2O3. The number of carbonyl (C=O) groups is 2. The van der Waals surface area contributed by atoms with E-state index in [4.69, 9.17) is 10.5 Å². The first-order valence-corrected chi connectivity index (χ1v) is 8.75. The van der Waals surface area contributed by atoms with E-state index < -0.39 is 0 Å². The third-order valence-corrected chi connectivity index (χ3v) is 4.27. The number of aryl methyl sites for hydroxylation is 1. The minimum atomic E-state index is -0.188. The summed E-state index contributed by atoms with van der Waals surface area (Å²) in [5, 5.41) is 0. The summed E-state index contributed by atoms with van der Waals surface area (Å²) in [6.07, 6.45) is 3.63. The maximum absolute atomic E-state index is 12.9. The number of fused-ring (bicyclic) bond motifs is 1. The summed E-state index contributed by atoms with van der Waals surface area (Å²) in [6.45, 7) is 2.19. The van der Waals surface area contributed by atoms with Crippen LogP contribution >= 0.6 is 0 Å². The van der Waals surface area contributed by atoms with Gasteiger partial charge in [-0.1, -0.05) is 18.2 Å². The second-order valence-corrected chi connectivity index (χ2v) is 6.12. The molecule has 0 amide bonds. The molecule has 0 atom stereocenters. The second kappa shape index (κ2) is 7.87. The Morgan fingerprint density at radius 2 is 1.96 bits per heavy atom. The zero-order chi connectivity index (χ0) is 18.5. The van der Waals surface area contributed by atoms with Crippen LogP contribution < -0.4 is 5.73 Å². The average Bonchev–Trinajstić information content (AvgIpc) is 3.00. The van der Waals surface area contributed by atoms with Gasteiger partial charge < -0.3 is 14.9 Å². The highest BCUT2D eigenvalue weighted by atomic mass is 16.5. The van der Waals surface area contributed by atoms with Crippen molar-refractivity contribution in [3.05, 3.63) is 71.5 Å². The summed E-state index contributed by atoms with van der Waals surface area (Å²) in [5.74, 6) is -0.262. The molecule has 3 aromatic rings. The molecule has 0 radical (unpaired) electrons. The van der Waals surface area contributed by atoms with Gasteiger partial charge in [-0.2, -0.15) is 0 Å². The number of nitrogens with two attached hydrogens (primary N) is 1. The number of hydrogen-bond acceptors (Lipinski definition) is 4. The number of anilines is 1. The molecule has 0 aliphatic heterocycles. The van der Waals surface area contributed by atoms with Crippen LogP contribution in [0.1, 0.15) is 41.4 Å². The van der Waals surface area contributed by atoms with E-state index in [1.165, 1.54) is 0 Å². The number of pyridine rings is 1. The van der Waals surface area contributed by atoms with Gasteiger partial charge in [0.1, 0.15) is 0 Å². The van der Waals surface area contributed by atoms with Crippen LogP contribution in [0, 0.1) is 0 Å². The summed E-state index contributed by atoms with van der Waals surface area (Å²) >= 11 is 0. The molecule has 0 aliphatic rings. The molecule has 134 valence electrons. The lowest BCUT2D eigenvalue weighted by Crippen LogP contribution is -2.05. The van der Waals surface area contributed by atoms with Crippen LogP contribution in [0.5, 0.6) is 0 Å². The molecule has 0 bridgehead atoms. The number of nitrogens with zero attached hydrogens (tertiary/aromatic N) is 1. The van der Waals surface area contributed by atoms with Gasteiger partial charge in [-0.3, -0.25) is 9.59 Å². The van der Waals surface area contributed by atoms with Crippen LogP contribution in [-0.2, 0) is 16.0 Å². The molecular weight excluding hydrogens is 328 g/mol. The molecule has 0 unspecified atom stereocenters. The van der Waals surface area contributed by atoms with Crippen molar-refractivity contribution in [3.8, 4) is 0 Å². The van der Waals surface area contributed by atoms with E-state index in [0.29, 0.717) is 42.8 Å². The number of benzene rings is 1. The number of hydrogen-bond donors (Lipinski definition) is 1. The largest absolute Gasteiger partial charge is 0.466 e. The summed E-state index contributed by atoms with van der Waals surface area (Å²) in [4.78, 5) is 24.5. The van der Waals surface area contributed by atoms with E-state index in [2.05, 4.69) is 0 Å². The minimum Gasteiger partial charge on any atom is -0.466 e. The lowest BCUT2D eigenvalue weighted by Gasteiger charge is -2.03. The van der Waals surface area contributed by atoms with Crippen molar-refractivity contribution in [3.63, 3.8) is 0 Å². The molecule has 0 aliphatic carbocycles. The predicted octanol–water partition coefficient (Wildman–Crippen LogP) is 3.64. The van der Waals surface area contributed by atoms with Crippen LogP contribution in [0.3, 0.4) is 0 Å². The van der Waals surface area contributed by atoms with Crippen molar-refractivity contribution < 1.29 is 14.3 Å². The second-order valence-electron chi connectivity index (χ2n) is 6.12. The van der Waals surface area contributed by atoms with Crippen molar-refractivity contribution in [1.29, 1.82) is 0 Å². The van der Waals surface area contributed by atoms with Crippen molar-refractivity contribution >= 4 is 23.0 Å². The maximum atomic E-state index is 12.9. The van der Waals surface area contributed by atoms with E-state index in [0.717, 1.165) is 11.1 Å². The van der Waals surface area contributed by atoms with E-state index >= 15 is 0 Å². The molecule has 3 rings (SSSR count). The van der Waals surface area contributed by atoms with Gasteiger partial charge in [0.2, 0.25) is 5.78 Å². The molecule has 1 aromatic carbocycles. The van der Waals surface area contributed by atoms with Gasteiger partial charge in [-0.15, -0.1) is 0 Å². The van der Waals surface area contributed by atoms with Crippen LogP contribution in [0.25, 0.3) is 5.52 Å². The van der Waals surface area contributed by atoms with E-state index in [1.807, 2.05) is 34.9 Å². The van der Waals surface area contributed by atoms with Crippen molar-refractivity contribution in [2.24, 2.45) is 0 Å². The normalized spacial score (nSPS) is 10.8. The molecule has 26 heavy (non-hydrogen) atoms. The number of aromatic nitrogens is 1. The molecule has 0 fully saturated rings. The summed E-state index contributed by atoms with van der Waals surface area (Å²) in [5.41, 5.74) is 9.55. The Morgan fingerprint density at radius 3 is 2.73 bits per heavy atom. The lowest BCUT2D eigenvalue weighted by molar-refractivity contribution is -0.143. The third kappa shape index (κ3) is 3.77. The van der Waals surface area contributed by atoms with Crippen LogP contribution in [-0.4, -0.2) is 22.8 Å². The van der Waals surface area contributed by atoms with Gasteiger partial charge in [0, 0.05) is 29.4 Å². The standard InChI is InChI=1S/C21H22N2O3/c1-2-26-20(24)11-6-7-15-14-19(23-12-4-3-10-18(15)23)21(25)16-8-5-9-17(22)13-16/h3-5,8-10,12-14H,2,6-7,11,22H2,1H3. The van der Waals surface area contributed by atoms with Crippen LogP contribution in [0.15, 0.2) is 54.7 Å². The molecule has 2 N–H and O–H groups in total. The summed E-state index contributed by atoms with van der Waals surface area (Å²) in [7, 11) is 0. The van der Waals surface area contributed by atoms with Crippen molar-refractivity contribution in [1.82, 2.24) is 4.40 Å². The van der Waals surface area contributed by atoms with Gasteiger partial charge in [-0.25, -0.2) is 0 Å². The fourth-order valence-corrected chi connectivity index (χ4v) is 3.08. The lowest BCUT2D eigenvalue weighted by atomic mass is 10.1. The number of ether oxygens (including phenoxy) is 1. The van der Waals surface area contributed by atoms with Gasteiger partial charge in [0.25, 0.3) is 0 Å². The Hall–Kier alpha value is -3.08. The Kier molecular flexibility index (Phi) is 5.37. The number of rotatable bonds is 7. The maximum Gasteiger partial charge on any atom is 0.305 e.